The first-order valence-electron chi connectivity index (χ1n) is 7.93. The summed E-state index contributed by atoms with van der Waals surface area (Å²) in [6.45, 7) is 0. The molecule has 0 saturated heterocycles. The normalized spacial score (nSPS) is 11.4. The molecule has 2 aromatic carbocycles. The summed E-state index contributed by atoms with van der Waals surface area (Å²) in [5.74, 6) is 0.672. The highest BCUT2D eigenvalue weighted by Crippen LogP contribution is 2.25. The lowest BCUT2D eigenvalue weighted by Crippen LogP contribution is -2.17. The van der Waals surface area contributed by atoms with Gasteiger partial charge in [-0.25, -0.2) is 4.98 Å². The summed E-state index contributed by atoms with van der Waals surface area (Å²) in [7, 11) is 1.57. The van der Waals surface area contributed by atoms with Crippen molar-refractivity contribution in [1.29, 1.82) is 0 Å². The van der Waals surface area contributed by atoms with Crippen LogP contribution in [-0.2, 0) is 0 Å². The van der Waals surface area contributed by atoms with Crippen LogP contribution >= 0.6 is 0 Å². The summed E-state index contributed by atoms with van der Waals surface area (Å²) in [6.07, 6.45) is 2.77. The Morgan fingerprint density at radius 1 is 1.26 bits per heavy atom. The van der Waals surface area contributed by atoms with Gasteiger partial charge in [-0.15, -0.1) is 0 Å². The standard InChI is InChI=1S/C18H13N5O4/c1-27-13-6-7-15-14(8-13)16-17(21-15)18(24)22(10-19-16)20-9-11-2-4-12(5-3-11)23(25)26/h2-10,21H,1H3. The van der Waals surface area contributed by atoms with Crippen molar-refractivity contribution in [3.8, 4) is 5.75 Å². The molecule has 4 aromatic rings. The van der Waals surface area contributed by atoms with Gasteiger partial charge < -0.3 is 9.72 Å². The highest BCUT2D eigenvalue weighted by molar-refractivity contribution is 6.04. The van der Waals surface area contributed by atoms with Crippen LogP contribution in [0.2, 0.25) is 0 Å². The zero-order valence-electron chi connectivity index (χ0n) is 14.1. The number of ether oxygens (including phenoxy) is 1. The van der Waals surface area contributed by atoms with E-state index in [1.165, 1.54) is 24.7 Å². The molecule has 0 atom stereocenters. The minimum absolute atomic E-state index is 0.0130. The van der Waals surface area contributed by atoms with Crippen molar-refractivity contribution in [3.63, 3.8) is 0 Å². The van der Waals surface area contributed by atoms with Gasteiger partial charge in [0.05, 0.1) is 18.2 Å². The summed E-state index contributed by atoms with van der Waals surface area (Å²) < 4.78 is 6.32. The van der Waals surface area contributed by atoms with Gasteiger partial charge in [0.15, 0.2) is 0 Å². The highest BCUT2D eigenvalue weighted by atomic mass is 16.6. The van der Waals surface area contributed by atoms with Gasteiger partial charge in [-0.3, -0.25) is 14.9 Å². The molecule has 2 aromatic heterocycles. The molecule has 0 aliphatic carbocycles. The van der Waals surface area contributed by atoms with Gasteiger partial charge in [0.25, 0.3) is 11.2 Å². The molecule has 0 amide bonds. The van der Waals surface area contributed by atoms with Gasteiger partial charge in [-0.05, 0) is 35.9 Å². The summed E-state index contributed by atoms with van der Waals surface area (Å²) in [5.41, 5.74) is 1.90. The third kappa shape index (κ3) is 2.91. The van der Waals surface area contributed by atoms with Gasteiger partial charge in [0, 0.05) is 23.0 Å². The predicted molar refractivity (Wildman–Crippen MR) is 101 cm³/mol. The van der Waals surface area contributed by atoms with E-state index in [4.69, 9.17) is 4.74 Å². The summed E-state index contributed by atoms with van der Waals surface area (Å²) >= 11 is 0. The van der Waals surface area contributed by atoms with Crippen LogP contribution in [0.1, 0.15) is 5.56 Å². The van der Waals surface area contributed by atoms with Crippen LogP contribution in [0.5, 0.6) is 5.75 Å². The van der Waals surface area contributed by atoms with E-state index in [0.29, 0.717) is 22.3 Å². The minimum atomic E-state index is -0.478. The van der Waals surface area contributed by atoms with Gasteiger partial charge in [-0.1, -0.05) is 0 Å². The quantitative estimate of drug-likeness (QED) is 0.340. The van der Waals surface area contributed by atoms with Crippen LogP contribution in [-0.4, -0.2) is 32.9 Å². The van der Waals surface area contributed by atoms with Gasteiger partial charge >= 0.3 is 0 Å². The van der Waals surface area contributed by atoms with Crippen LogP contribution in [0.3, 0.4) is 0 Å². The lowest BCUT2D eigenvalue weighted by atomic mass is 10.2. The molecule has 134 valence electrons. The van der Waals surface area contributed by atoms with Crippen molar-refractivity contribution in [3.05, 3.63) is 74.8 Å². The fourth-order valence-corrected chi connectivity index (χ4v) is 2.75. The number of aromatic amines is 1. The topological polar surface area (TPSA) is 115 Å². The second kappa shape index (κ2) is 6.37. The Morgan fingerprint density at radius 2 is 2.04 bits per heavy atom. The number of fused-ring (bicyclic) bond motifs is 3. The molecule has 0 bridgehead atoms. The van der Waals surface area contributed by atoms with Crippen molar-refractivity contribution in [2.45, 2.75) is 0 Å². The number of nitro groups is 1. The van der Waals surface area contributed by atoms with E-state index in [0.717, 1.165) is 15.6 Å². The Morgan fingerprint density at radius 3 is 2.74 bits per heavy atom. The van der Waals surface area contributed by atoms with Crippen LogP contribution < -0.4 is 10.3 Å². The number of non-ortho nitro benzene ring substituents is 1. The molecule has 27 heavy (non-hydrogen) atoms. The van der Waals surface area contributed by atoms with E-state index in [9.17, 15) is 14.9 Å². The van der Waals surface area contributed by atoms with E-state index in [-0.39, 0.29) is 11.2 Å². The Bertz CT molecular complexity index is 1250. The number of hydrogen-bond donors (Lipinski definition) is 1. The second-order valence-corrected chi connectivity index (χ2v) is 5.75. The minimum Gasteiger partial charge on any atom is -0.497 e. The van der Waals surface area contributed by atoms with Crippen molar-refractivity contribution in [2.75, 3.05) is 7.11 Å². The average Bonchev–Trinajstić information content (AvgIpc) is 3.06. The SMILES string of the molecule is COc1ccc2[nH]c3c(=O)n(N=Cc4ccc([N+](=O)[O-])cc4)cnc3c2c1. The Labute approximate surface area is 151 Å². The first kappa shape index (κ1) is 16.5. The molecule has 0 unspecified atom stereocenters. The number of nitro benzene ring substituents is 1. The largest absolute Gasteiger partial charge is 0.497 e. The van der Waals surface area contributed by atoms with Crippen LogP contribution in [0.25, 0.3) is 21.9 Å². The first-order chi connectivity index (χ1) is 13.1. The second-order valence-electron chi connectivity index (χ2n) is 5.75. The number of nitrogens with zero attached hydrogens (tertiary/aromatic N) is 4. The number of H-pyrrole nitrogens is 1. The van der Waals surface area contributed by atoms with Crippen LogP contribution in [0, 0.1) is 10.1 Å². The number of rotatable bonds is 4. The molecule has 9 nitrogen and oxygen atoms in total. The molecule has 0 aliphatic heterocycles. The molecule has 2 heterocycles. The number of methoxy groups -OCH3 is 1. The maximum absolute atomic E-state index is 12.7. The number of hydrogen-bond acceptors (Lipinski definition) is 6. The summed E-state index contributed by atoms with van der Waals surface area (Å²) in [6, 6.07) is 11.3. The van der Waals surface area contributed by atoms with E-state index in [1.54, 1.807) is 25.3 Å². The third-order valence-corrected chi connectivity index (χ3v) is 4.13. The summed E-state index contributed by atoms with van der Waals surface area (Å²) in [4.78, 5) is 30.3. The molecular weight excluding hydrogens is 350 g/mol. The van der Waals surface area contributed by atoms with Gasteiger partial charge in [0.1, 0.15) is 23.1 Å². The zero-order chi connectivity index (χ0) is 19.0. The third-order valence-electron chi connectivity index (χ3n) is 4.13. The van der Waals surface area contributed by atoms with Crippen molar-refractivity contribution >= 4 is 33.8 Å². The van der Waals surface area contributed by atoms with E-state index in [1.807, 2.05) is 12.1 Å². The molecule has 0 saturated carbocycles. The highest BCUT2D eigenvalue weighted by Gasteiger charge is 2.11. The molecule has 0 radical (unpaired) electrons. The van der Waals surface area contributed by atoms with E-state index < -0.39 is 4.92 Å². The van der Waals surface area contributed by atoms with E-state index in [2.05, 4.69) is 15.1 Å². The first-order valence-corrected chi connectivity index (χ1v) is 7.93. The average molecular weight is 363 g/mol. The van der Waals surface area contributed by atoms with Crippen molar-refractivity contribution in [1.82, 2.24) is 14.6 Å². The van der Waals surface area contributed by atoms with Crippen LogP contribution in [0.15, 0.2) is 58.7 Å². The maximum Gasteiger partial charge on any atom is 0.298 e. The van der Waals surface area contributed by atoms with E-state index >= 15 is 0 Å². The Balaban J connectivity index is 1.74. The lowest BCUT2D eigenvalue weighted by molar-refractivity contribution is -0.384. The monoisotopic (exact) mass is 363 g/mol. The molecule has 0 fully saturated rings. The molecule has 4 rings (SSSR count). The number of nitrogens with one attached hydrogen (secondary N) is 1. The summed E-state index contributed by atoms with van der Waals surface area (Å²) in [5, 5.41) is 15.6. The Hall–Kier alpha value is -4.01. The van der Waals surface area contributed by atoms with Crippen LogP contribution in [0.4, 0.5) is 5.69 Å². The fourth-order valence-electron chi connectivity index (χ4n) is 2.75. The molecule has 9 heteroatoms. The molecular formula is C18H13N5O4. The number of benzene rings is 2. The number of aromatic nitrogens is 3. The molecule has 0 aliphatic rings. The van der Waals surface area contributed by atoms with Gasteiger partial charge in [-0.2, -0.15) is 9.78 Å². The van der Waals surface area contributed by atoms with Crippen molar-refractivity contribution < 1.29 is 9.66 Å². The van der Waals surface area contributed by atoms with Crippen molar-refractivity contribution in [2.24, 2.45) is 5.10 Å². The molecule has 1 N–H and O–H groups in total. The zero-order valence-corrected chi connectivity index (χ0v) is 14.1. The van der Waals surface area contributed by atoms with Gasteiger partial charge in [0.2, 0.25) is 0 Å². The maximum atomic E-state index is 12.7. The fraction of sp³-hybridized carbons (Fsp3) is 0.0556. The molecule has 0 spiro atoms. The predicted octanol–water partition coefficient (Wildman–Crippen LogP) is 2.68. The lowest BCUT2D eigenvalue weighted by Gasteiger charge is -1.99. The Kier molecular flexibility index (Phi) is 3.88. The smallest absolute Gasteiger partial charge is 0.298 e.